The van der Waals surface area contributed by atoms with Crippen LogP contribution in [0.5, 0.6) is 0 Å². The minimum atomic E-state index is 0.585. The van der Waals surface area contributed by atoms with Crippen LogP contribution in [0.25, 0.3) is 0 Å². The summed E-state index contributed by atoms with van der Waals surface area (Å²) in [5, 5.41) is 7.63. The van der Waals surface area contributed by atoms with E-state index in [0.717, 1.165) is 30.8 Å². The summed E-state index contributed by atoms with van der Waals surface area (Å²) in [6.07, 6.45) is 2.70. The molecule has 0 bridgehead atoms. The van der Waals surface area contributed by atoms with E-state index in [1.54, 1.807) is 0 Å². The molecule has 1 heterocycles. The third-order valence-electron chi connectivity index (χ3n) is 3.73. The van der Waals surface area contributed by atoms with E-state index >= 15 is 0 Å². The van der Waals surface area contributed by atoms with Crippen molar-refractivity contribution in [2.75, 3.05) is 32.4 Å². The van der Waals surface area contributed by atoms with Gasteiger partial charge in [0.2, 0.25) is 0 Å². The van der Waals surface area contributed by atoms with Crippen molar-refractivity contribution >= 4 is 17.7 Å². The van der Waals surface area contributed by atoms with Gasteiger partial charge in [0.05, 0.1) is 0 Å². The van der Waals surface area contributed by atoms with Crippen molar-refractivity contribution in [3.63, 3.8) is 0 Å². The van der Waals surface area contributed by atoms with Crippen molar-refractivity contribution in [1.82, 2.24) is 15.5 Å². The summed E-state index contributed by atoms with van der Waals surface area (Å²) < 4.78 is 0. The molecule has 1 atom stereocenters. The fraction of sp³-hybridized carbons (Fsp3) is 0.933. The molecule has 1 rings (SSSR count). The molecule has 1 aliphatic heterocycles. The highest BCUT2D eigenvalue weighted by atomic mass is 32.2. The highest BCUT2D eigenvalue weighted by Crippen LogP contribution is 2.25. The highest BCUT2D eigenvalue weighted by Gasteiger charge is 2.16. The summed E-state index contributed by atoms with van der Waals surface area (Å²) >= 11 is 2.08. The standard InChI is InChI=1S/C15H32N4S/c1-12(2)19(13(3)4)9-8-17-15(16-5)18-11-14-7-6-10-20-14/h12-14H,6-11H2,1-5H3,(H2,16,17,18). The molecule has 20 heavy (non-hydrogen) atoms. The molecule has 0 aliphatic carbocycles. The van der Waals surface area contributed by atoms with Gasteiger partial charge in [0, 0.05) is 44.0 Å². The Bertz CT molecular complexity index is 278. The molecule has 0 radical (unpaired) electrons. The van der Waals surface area contributed by atoms with Crippen LogP contribution in [0.3, 0.4) is 0 Å². The molecule has 0 aromatic rings. The van der Waals surface area contributed by atoms with E-state index in [0.29, 0.717) is 12.1 Å². The second-order valence-corrected chi connectivity index (χ2v) is 7.35. The van der Waals surface area contributed by atoms with Gasteiger partial charge in [0.1, 0.15) is 0 Å². The smallest absolute Gasteiger partial charge is 0.191 e. The number of thioether (sulfide) groups is 1. The lowest BCUT2D eigenvalue weighted by atomic mass is 10.2. The van der Waals surface area contributed by atoms with Crippen molar-refractivity contribution in [1.29, 1.82) is 0 Å². The van der Waals surface area contributed by atoms with Crippen LogP contribution in [0.1, 0.15) is 40.5 Å². The molecule has 2 N–H and O–H groups in total. The lowest BCUT2D eigenvalue weighted by Gasteiger charge is -2.30. The molecule has 0 saturated carbocycles. The van der Waals surface area contributed by atoms with E-state index in [1.165, 1.54) is 18.6 Å². The number of rotatable bonds is 7. The van der Waals surface area contributed by atoms with Gasteiger partial charge >= 0.3 is 0 Å². The van der Waals surface area contributed by atoms with Gasteiger partial charge in [-0.1, -0.05) is 0 Å². The quantitative estimate of drug-likeness (QED) is 0.558. The largest absolute Gasteiger partial charge is 0.355 e. The normalized spacial score (nSPS) is 20.2. The summed E-state index contributed by atoms with van der Waals surface area (Å²) in [5.74, 6) is 2.25. The van der Waals surface area contributed by atoms with Gasteiger partial charge in [-0.05, 0) is 46.3 Å². The van der Waals surface area contributed by atoms with E-state index in [1.807, 2.05) is 7.05 Å². The van der Waals surface area contributed by atoms with Gasteiger partial charge in [0.25, 0.3) is 0 Å². The molecule has 0 aromatic carbocycles. The highest BCUT2D eigenvalue weighted by molar-refractivity contribution is 8.00. The van der Waals surface area contributed by atoms with Crippen LogP contribution in [0.15, 0.2) is 4.99 Å². The molecule has 5 heteroatoms. The maximum Gasteiger partial charge on any atom is 0.191 e. The van der Waals surface area contributed by atoms with Crippen LogP contribution in [-0.4, -0.2) is 60.6 Å². The zero-order valence-corrected chi connectivity index (χ0v) is 14.6. The summed E-state index contributed by atoms with van der Waals surface area (Å²) in [5.41, 5.74) is 0. The Hall–Kier alpha value is -0.420. The van der Waals surface area contributed by atoms with Crippen LogP contribution in [0, 0.1) is 0 Å². The summed E-state index contributed by atoms with van der Waals surface area (Å²) in [6, 6.07) is 1.17. The van der Waals surface area contributed by atoms with Crippen molar-refractivity contribution in [2.45, 2.75) is 57.9 Å². The van der Waals surface area contributed by atoms with Crippen LogP contribution in [0.4, 0.5) is 0 Å². The number of hydrogen-bond acceptors (Lipinski definition) is 3. The Morgan fingerprint density at radius 3 is 2.45 bits per heavy atom. The van der Waals surface area contributed by atoms with Crippen LogP contribution >= 0.6 is 11.8 Å². The van der Waals surface area contributed by atoms with Gasteiger partial charge in [0.15, 0.2) is 5.96 Å². The fourth-order valence-electron chi connectivity index (χ4n) is 2.65. The molecular formula is C15H32N4S. The first-order valence-corrected chi connectivity index (χ1v) is 8.91. The topological polar surface area (TPSA) is 39.7 Å². The Kier molecular flexibility index (Phi) is 8.38. The maximum absolute atomic E-state index is 4.30. The van der Waals surface area contributed by atoms with E-state index in [4.69, 9.17) is 0 Å². The predicted molar refractivity (Wildman–Crippen MR) is 91.8 cm³/mol. The summed E-state index contributed by atoms with van der Waals surface area (Å²) in [7, 11) is 1.85. The number of aliphatic imine (C=N–C) groups is 1. The van der Waals surface area contributed by atoms with Crippen molar-refractivity contribution < 1.29 is 0 Å². The number of hydrogen-bond donors (Lipinski definition) is 2. The van der Waals surface area contributed by atoms with E-state index in [9.17, 15) is 0 Å². The molecule has 1 saturated heterocycles. The zero-order chi connectivity index (χ0) is 15.0. The van der Waals surface area contributed by atoms with Crippen molar-refractivity contribution in [3.8, 4) is 0 Å². The molecule has 0 aromatic heterocycles. The lowest BCUT2D eigenvalue weighted by Crippen LogP contribution is -2.46. The minimum absolute atomic E-state index is 0.585. The first kappa shape index (κ1) is 17.6. The van der Waals surface area contributed by atoms with Gasteiger partial charge in [-0.2, -0.15) is 11.8 Å². The van der Waals surface area contributed by atoms with E-state index < -0.39 is 0 Å². The SMILES string of the molecule is CN=C(NCCN(C(C)C)C(C)C)NCC1CCCS1. The minimum Gasteiger partial charge on any atom is -0.355 e. The lowest BCUT2D eigenvalue weighted by molar-refractivity contribution is 0.178. The van der Waals surface area contributed by atoms with Crippen molar-refractivity contribution in [3.05, 3.63) is 0 Å². The first-order chi connectivity index (χ1) is 9.54. The van der Waals surface area contributed by atoms with E-state index in [-0.39, 0.29) is 0 Å². The third-order valence-corrected chi connectivity index (χ3v) is 5.13. The van der Waals surface area contributed by atoms with Gasteiger partial charge in [-0.15, -0.1) is 0 Å². The fourth-order valence-corrected chi connectivity index (χ4v) is 3.85. The molecule has 0 amide bonds. The molecule has 0 spiro atoms. The molecule has 4 nitrogen and oxygen atoms in total. The molecule has 1 fully saturated rings. The number of nitrogens with one attached hydrogen (secondary N) is 2. The molecule has 1 unspecified atom stereocenters. The van der Waals surface area contributed by atoms with E-state index in [2.05, 4.69) is 60.0 Å². The van der Waals surface area contributed by atoms with Gasteiger partial charge in [-0.25, -0.2) is 0 Å². The summed E-state index contributed by atoms with van der Waals surface area (Å²) in [4.78, 5) is 6.80. The van der Waals surface area contributed by atoms with Crippen LogP contribution in [0.2, 0.25) is 0 Å². The van der Waals surface area contributed by atoms with Crippen molar-refractivity contribution in [2.24, 2.45) is 4.99 Å². The average Bonchev–Trinajstić information content (AvgIpc) is 2.90. The average molecular weight is 301 g/mol. The second kappa shape index (κ2) is 9.50. The Balaban J connectivity index is 2.23. The Labute approximate surface area is 129 Å². The third kappa shape index (κ3) is 6.35. The Morgan fingerprint density at radius 2 is 1.95 bits per heavy atom. The first-order valence-electron chi connectivity index (χ1n) is 7.86. The molecular weight excluding hydrogens is 268 g/mol. The van der Waals surface area contributed by atoms with Gasteiger partial charge in [-0.3, -0.25) is 9.89 Å². The number of guanidine groups is 1. The van der Waals surface area contributed by atoms with Crippen LogP contribution in [-0.2, 0) is 0 Å². The van der Waals surface area contributed by atoms with Gasteiger partial charge < -0.3 is 10.6 Å². The summed E-state index contributed by atoms with van der Waals surface area (Å²) in [6.45, 7) is 12.0. The molecule has 118 valence electrons. The molecule has 1 aliphatic rings. The number of nitrogens with zero attached hydrogens (tertiary/aromatic N) is 2. The maximum atomic E-state index is 4.30. The monoisotopic (exact) mass is 300 g/mol. The Morgan fingerprint density at radius 1 is 1.25 bits per heavy atom. The van der Waals surface area contributed by atoms with Crippen LogP contribution < -0.4 is 10.6 Å². The predicted octanol–water partition coefficient (Wildman–Crippen LogP) is 2.17. The zero-order valence-electron chi connectivity index (χ0n) is 13.8. The second-order valence-electron chi connectivity index (χ2n) is 5.94.